The van der Waals surface area contributed by atoms with Gasteiger partial charge in [-0.15, -0.1) is 0 Å². The third-order valence-electron chi connectivity index (χ3n) is 2.96. The van der Waals surface area contributed by atoms with Gasteiger partial charge in [-0.1, -0.05) is 24.3 Å². The molecule has 98 valence electrons. The van der Waals surface area contributed by atoms with Crippen molar-refractivity contribution in [3.05, 3.63) is 78.6 Å². The number of aromatic hydroxyl groups is 1. The normalized spacial score (nSPS) is 11.0. The number of hydrogen-bond donors (Lipinski definition) is 1. The highest BCUT2D eigenvalue weighted by atomic mass is 16.3. The van der Waals surface area contributed by atoms with Crippen LogP contribution in [0.25, 0.3) is 5.69 Å². The van der Waals surface area contributed by atoms with Gasteiger partial charge in [0.15, 0.2) is 0 Å². The molecule has 3 nitrogen and oxygen atoms in total. The number of phenolic OH excluding ortho intramolecular Hbond substituents is 1. The predicted molar refractivity (Wildman–Crippen MR) is 81.1 cm³/mol. The Hall–Kier alpha value is -2.81. The van der Waals surface area contributed by atoms with E-state index in [4.69, 9.17) is 0 Å². The number of hydrogen-bond acceptors (Lipinski definition) is 2. The Morgan fingerprint density at radius 2 is 1.80 bits per heavy atom. The molecule has 0 aliphatic rings. The van der Waals surface area contributed by atoms with Crippen LogP contribution in [0.1, 0.15) is 5.56 Å². The molecule has 0 spiro atoms. The molecule has 0 radical (unpaired) electrons. The highest BCUT2D eigenvalue weighted by molar-refractivity contribution is 5.82. The van der Waals surface area contributed by atoms with E-state index in [-0.39, 0.29) is 5.75 Å². The van der Waals surface area contributed by atoms with E-state index in [1.54, 1.807) is 24.4 Å². The van der Waals surface area contributed by atoms with Gasteiger partial charge in [-0.3, -0.25) is 4.99 Å². The molecule has 0 atom stereocenters. The zero-order chi connectivity index (χ0) is 13.8. The van der Waals surface area contributed by atoms with Gasteiger partial charge in [0.2, 0.25) is 0 Å². The maximum atomic E-state index is 9.39. The quantitative estimate of drug-likeness (QED) is 0.713. The fourth-order valence-electron chi connectivity index (χ4n) is 1.97. The summed E-state index contributed by atoms with van der Waals surface area (Å²) < 4.78 is 2.05. The van der Waals surface area contributed by atoms with Gasteiger partial charge in [0.25, 0.3) is 0 Å². The van der Waals surface area contributed by atoms with Crippen molar-refractivity contribution in [1.29, 1.82) is 0 Å². The summed E-state index contributed by atoms with van der Waals surface area (Å²) in [7, 11) is 0. The minimum absolute atomic E-state index is 0.224. The van der Waals surface area contributed by atoms with Crippen molar-refractivity contribution >= 4 is 11.9 Å². The van der Waals surface area contributed by atoms with Crippen LogP contribution in [-0.4, -0.2) is 15.9 Å². The second-order valence-electron chi connectivity index (χ2n) is 4.47. The van der Waals surface area contributed by atoms with Crippen LogP contribution in [-0.2, 0) is 0 Å². The highest BCUT2D eigenvalue weighted by Crippen LogP contribution is 2.18. The summed E-state index contributed by atoms with van der Waals surface area (Å²) in [4.78, 5) is 4.35. The largest absolute Gasteiger partial charge is 0.508 e. The molecular formula is C17H14N2O. The number of aromatic nitrogens is 1. The first-order valence-corrected chi connectivity index (χ1v) is 6.38. The maximum Gasteiger partial charge on any atom is 0.117 e. The summed E-state index contributed by atoms with van der Waals surface area (Å²) in [5, 5.41) is 9.39. The molecule has 20 heavy (non-hydrogen) atoms. The molecule has 1 heterocycles. The Kier molecular flexibility index (Phi) is 3.33. The van der Waals surface area contributed by atoms with Gasteiger partial charge in [-0.05, 0) is 30.3 Å². The van der Waals surface area contributed by atoms with E-state index < -0.39 is 0 Å². The summed E-state index contributed by atoms with van der Waals surface area (Å²) in [5.41, 5.74) is 2.86. The summed E-state index contributed by atoms with van der Waals surface area (Å²) in [5.74, 6) is 0.224. The average Bonchev–Trinajstić information content (AvgIpc) is 2.95. The van der Waals surface area contributed by atoms with Gasteiger partial charge in [-0.25, -0.2) is 0 Å². The molecule has 3 aromatic rings. The van der Waals surface area contributed by atoms with Crippen LogP contribution in [0.4, 0.5) is 5.69 Å². The van der Waals surface area contributed by atoms with Crippen LogP contribution in [0.5, 0.6) is 5.75 Å². The Morgan fingerprint density at radius 1 is 0.950 bits per heavy atom. The van der Waals surface area contributed by atoms with Crippen LogP contribution in [0.15, 0.2) is 78.0 Å². The Morgan fingerprint density at radius 3 is 2.60 bits per heavy atom. The van der Waals surface area contributed by atoms with Gasteiger partial charge in [0.1, 0.15) is 5.75 Å². The zero-order valence-corrected chi connectivity index (χ0v) is 10.8. The van der Waals surface area contributed by atoms with Crippen molar-refractivity contribution in [3.63, 3.8) is 0 Å². The standard InChI is InChI=1S/C17H14N2O/c20-17-8-4-5-15(11-17)18-12-14-9-10-19(13-14)16-6-2-1-3-7-16/h1-13,20H. The SMILES string of the molecule is Oc1cccc(N=Cc2ccn(-c3ccccc3)c2)c1. The highest BCUT2D eigenvalue weighted by Gasteiger charge is 1.97. The maximum absolute atomic E-state index is 9.39. The number of nitrogens with zero attached hydrogens (tertiary/aromatic N) is 2. The molecule has 0 amide bonds. The van der Waals surface area contributed by atoms with Crippen LogP contribution < -0.4 is 0 Å². The van der Waals surface area contributed by atoms with Crippen LogP contribution in [0, 0.1) is 0 Å². The fourth-order valence-corrected chi connectivity index (χ4v) is 1.97. The van der Waals surface area contributed by atoms with Gasteiger partial charge < -0.3 is 9.67 Å². The van der Waals surface area contributed by atoms with E-state index in [0.717, 1.165) is 16.9 Å². The van der Waals surface area contributed by atoms with E-state index in [2.05, 4.69) is 17.1 Å². The van der Waals surface area contributed by atoms with Crippen LogP contribution in [0.2, 0.25) is 0 Å². The van der Waals surface area contributed by atoms with Crippen LogP contribution in [0.3, 0.4) is 0 Å². The van der Waals surface area contributed by atoms with Crippen molar-refractivity contribution in [2.75, 3.05) is 0 Å². The molecule has 1 N–H and O–H groups in total. The van der Waals surface area contributed by atoms with Gasteiger partial charge in [-0.2, -0.15) is 0 Å². The molecule has 1 aromatic heterocycles. The number of aliphatic imine (C=N–C) groups is 1. The molecule has 2 aromatic carbocycles. The lowest BCUT2D eigenvalue weighted by Gasteiger charge is -2.00. The molecule has 0 unspecified atom stereocenters. The third kappa shape index (κ3) is 2.78. The summed E-state index contributed by atoms with van der Waals surface area (Å²) in [6.45, 7) is 0. The average molecular weight is 262 g/mol. The summed E-state index contributed by atoms with van der Waals surface area (Å²) in [6.07, 6.45) is 5.80. The van der Waals surface area contributed by atoms with Gasteiger partial charge >= 0.3 is 0 Å². The van der Waals surface area contributed by atoms with E-state index in [1.165, 1.54) is 0 Å². The van der Waals surface area contributed by atoms with Gasteiger partial charge in [0, 0.05) is 35.9 Å². The lowest BCUT2D eigenvalue weighted by Crippen LogP contribution is -1.88. The second-order valence-corrected chi connectivity index (χ2v) is 4.47. The van der Waals surface area contributed by atoms with Crippen molar-refractivity contribution in [2.24, 2.45) is 4.99 Å². The first-order valence-electron chi connectivity index (χ1n) is 6.38. The second kappa shape index (κ2) is 5.45. The smallest absolute Gasteiger partial charge is 0.117 e. The minimum Gasteiger partial charge on any atom is -0.508 e. The van der Waals surface area contributed by atoms with E-state index in [0.29, 0.717) is 0 Å². The monoisotopic (exact) mass is 262 g/mol. The molecule has 0 fully saturated rings. The molecule has 0 saturated carbocycles. The van der Waals surface area contributed by atoms with Crippen LogP contribution >= 0.6 is 0 Å². The Balaban J connectivity index is 1.81. The van der Waals surface area contributed by atoms with Crippen molar-refractivity contribution in [3.8, 4) is 11.4 Å². The van der Waals surface area contributed by atoms with E-state index >= 15 is 0 Å². The molecular weight excluding hydrogens is 248 g/mol. The third-order valence-corrected chi connectivity index (χ3v) is 2.96. The first-order chi connectivity index (χ1) is 9.81. The topological polar surface area (TPSA) is 37.5 Å². The van der Waals surface area contributed by atoms with Crippen molar-refractivity contribution in [2.45, 2.75) is 0 Å². The molecule has 0 aliphatic carbocycles. The van der Waals surface area contributed by atoms with Gasteiger partial charge in [0.05, 0.1) is 5.69 Å². The van der Waals surface area contributed by atoms with E-state index in [1.807, 2.05) is 47.3 Å². The predicted octanol–water partition coefficient (Wildman–Crippen LogP) is 3.93. The summed E-state index contributed by atoms with van der Waals surface area (Å²) in [6, 6.07) is 19.0. The summed E-state index contributed by atoms with van der Waals surface area (Å²) >= 11 is 0. The Labute approximate surface area is 117 Å². The number of benzene rings is 2. The van der Waals surface area contributed by atoms with E-state index in [9.17, 15) is 5.11 Å². The lowest BCUT2D eigenvalue weighted by atomic mass is 10.3. The lowest BCUT2D eigenvalue weighted by molar-refractivity contribution is 0.475. The zero-order valence-electron chi connectivity index (χ0n) is 10.8. The molecule has 0 saturated heterocycles. The van der Waals surface area contributed by atoms with Crippen molar-refractivity contribution < 1.29 is 5.11 Å². The Bertz CT molecular complexity index is 730. The fraction of sp³-hybridized carbons (Fsp3) is 0. The first kappa shape index (κ1) is 12.2. The number of para-hydroxylation sites is 1. The minimum atomic E-state index is 0.224. The van der Waals surface area contributed by atoms with Crippen molar-refractivity contribution in [1.82, 2.24) is 4.57 Å². The number of rotatable bonds is 3. The molecule has 0 bridgehead atoms. The molecule has 3 heteroatoms. The number of phenols is 1. The molecule has 0 aliphatic heterocycles. The molecule has 3 rings (SSSR count).